The van der Waals surface area contributed by atoms with Crippen molar-refractivity contribution < 1.29 is 18.0 Å². The van der Waals surface area contributed by atoms with Crippen molar-refractivity contribution in [2.24, 2.45) is 0 Å². The fourth-order valence-corrected chi connectivity index (χ4v) is 5.52. The van der Waals surface area contributed by atoms with Gasteiger partial charge in [0, 0.05) is 25.0 Å². The molecule has 5 rings (SSSR count). The van der Waals surface area contributed by atoms with E-state index in [9.17, 15) is 18.0 Å². The van der Waals surface area contributed by atoms with Crippen molar-refractivity contribution in [1.82, 2.24) is 24.2 Å². The molecule has 208 valence electrons. The molecule has 2 amide bonds. The van der Waals surface area contributed by atoms with Crippen LogP contribution in [-0.4, -0.2) is 58.6 Å². The number of piperidine rings is 1. The van der Waals surface area contributed by atoms with E-state index in [1.807, 2.05) is 59.0 Å². The summed E-state index contributed by atoms with van der Waals surface area (Å²) in [5.74, 6) is -0.932. The largest absolute Gasteiger partial charge is 0.339 e. The first-order valence-corrected chi connectivity index (χ1v) is 14.9. The normalized spacial score (nSPS) is 15.1. The maximum atomic E-state index is 13.9. The zero-order chi connectivity index (χ0) is 28.5. The van der Waals surface area contributed by atoms with Crippen LogP contribution in [-0.2, 0) is 15.4 Å². The van der Waals surface area contributed by atoms with E-state index in [1.165, 1.54) is 29.4 Å². The van der Waals surface area contributed by atoms with Crippen molar-refractivity contribution in [2.75, 3.05) is 24.2 Å². The van der Waals surface area contributed by atoms with Gasteiger partial charge in [-0.2, -0.15) is 9.61 Å². The first-order valence-electron chi connectivity index (χ1n) is 13.2. The number of likely N-dealkylation sites (tertiary alicyclic amines) is 1. The lowest BCUT2D eigenvalue weighted by Gasteiger charge is -2.40. The topological polar surface area (TPSA) is 126 Å². The van der Waals surface area contributed by atoms with Gasteiger partial charge in [0.1, 0.15) is 16.9 Å². The van der Waals surface area contributed by atoms with Gasteiger partial charge >= 0.3 is 0 Å². The summed E-state index contributed by atoms with van der Waals surface area (Å²) in [5, 5.41) is 7.66. The van der Waals surface area contributed by atoms with Crippen LogP contribution in [0.4, 0.5) is 11.5 Å². The molecule has 1 fully saturated rings. The standard InChI is InChI=1S/C29H32N6O4S/c1-4-40(38,39)33-27(36)22-19-31-35-25(22)30-18-23(26(35)32-24-13-9-8-10-20(24)2)28(37)34-16-14-29(3,15-17-34)21-11-6-5-7-12-21/h5-13,18-19,32H,4,14-17H2,1-3H3,(H,33,36). The summed E-state index contributed by atoms with van der Waals surface area (Å²) < 4.78 is 27.4. The minimum Gasteiger partial charge on any atom is -0.339 e. The molecule has 0 saturated carbocycles. The number of carbonyl (C=O) groups is 2. The van der Waals surface area contributed by atoms with Crippen molar-refractivity contribution in [3.05, 3.63) is 89.2 Å². The number of nitrogens with one attached hydrogen (secondary N) is 2. The smallest absolute Gasteiger partial charge is 0.270 e. The van der Waals surface area contributed by atoms with E-state index in [-0.39, 0.29) is 28.3 Å². The van der Waals surface area contributed by atoms with Crippen LogP contribution in [0.3, 0.4) is 0 Å². The Morgan fingerprint density at radius 1 is 0.975 bits per heavy atom. The third-order valence-corrected chi connectivity index (χ3v) is 8.91. The van der Waals surface area contributed by atoms with Gasteiger partial charge < -0.3 is 10.2 Å². The molecule has 1 aliphatic rings. The van der Waals surface area contributed by atoms with E-state index in [2.05, 4.69) is 34.5 Å². The molecular formula is C29H32N6O4S. The molecule has 4 aromatic rings. The minimum atomic E-state index is -3.78. The highest BCUT2D eigenvalue weighted by Crippen LogP contribution is 2.36. The van der Waals surface area contributed by atoms with Gasteiger partial charge in [0.05, 0.1) is 11.9 Å². The van der Waals surface area contributed by atoms with Gasteiger partial charge in [0.15, 0.2) is 5.65 Å². The van der Waals surface area contributed by atoms with E-state index in [4.69, 9.17) is 0 Å². The summed E-state index contributed by atoms with van der Waals surface area (Å²) in [7, 11) is -3.78. The predicted octanol–water partition coefficient (Wildman–Crippen LogP) is 4.05. The van der Waals surface area contributed by atoms with Crippen molar-refractivity contribution in [3.8, 4) is 0 Å². The quantitative estimate of drug-likeness (QED) is 0.349. The Hall–Kier alpha value is -4.25. The van der Waals surface area contributed by atoms with E-state index in [0.29, 0.717) is 24.5 Å². The Morgan fingerprint density at radius 3 is 2.33 bits per heavy atom. The molecule has 2 aromatic heterocycles. The van der Waals surface area contributed by atoms with Gasteiger partial charge in [0.2, 0.25) is 10.0 Å². The van der Waals surface area contributed by atoms with Crippen molar-refractivity contribution >= 4 is 39.0 Å². The zero-order valence-corrected chi connectivity index (χ0v) is 23.5. The third-order valence-electron chi connectivity index (χ3n) is 7.65. The van der Waals surface area contributed by atoms with Gasteiger partial charge in [-0.3, -0.25) is 9.59 Å². The molecule has 3 heterocycles. The highest BCUT2D eigenvalue weighted by Gasteiger charge is 2.35. The Bertz CT molecular complexity index is 1680. The van der Waals surface area contributed by atoms with Crippen LogP contribution in [0, 0.1) is 6.92 Å². The summed E-state index contributed by atoms with van der Waals surface area (Å²) in [4.78, 5) is 32.9. The maximum Gasteiger partial charge on any atom is 0.270 e. The fraction of sp³-hybridized carbons (Fsp3) is 0.310. The number of hydrogen-bond acceptors (Lipinski definition) is 7. The first-order chi connectivity index (χ1) is 19.1. The molecule has 0 bridgehead atoms. The van der Waals surface area contributed by atoms with Crippen LogP contribution < -0.4 is 10.0 Å². The zero-order valence-electron chi connectivity index (χ0n) is 22.7. The van der Waals surface area contributed by atoms with Crippen LogP contribution in [0.25, 0.3) is 5.65 Å². The summed E-state index contributed by atoms with van der Waals surface area (Å²) in [6.07, 6.45) is 4.32. The van der Waals surface area contributed by atoms with Crippen LogP contribution >= 0.6 is 0 Å². The highest BCUT2D eigenvalue weighted by atomic mass is 32.2. The molecular weight excluding hydrogens is 528 g/mol. The predicted molar refractivity (Wildman–Crippen MR) is 153 cm³/mol. The number of aromatic nitrogens is 3. The number of carbonyl (C=O) groups excluding carboxylic acids is 2. The second kappa shape index (κ2) is 10.7. The molecule has 0 radical (unpaired) electrons. The lowest BCUT2D eigenvalue weighted by Crippen LogP contribution is -2.44. The molecule has 0 atom stereocenters. The number of hydrogen-bond donors (Lipinski definition) is 2. The van der Waals surface area contributed by atoms with Gasteiger partial charge in [0.25, 0.3) is 11.8 Å². The van der Waals surface area contributed by atoms with E-state index >= 15 is 0 Å². The van der Waals surface area contributed by atoms with Gasteiger partial charge in [-0.15, -0.1) is 0 Å². The van der Waals surface area contributed by atoms with Crippen molar-refractivity contribution in [3.63, 3.8) is 0 Å². The second-order valence-corrected chi connectivity index (χ2v) is 12.3. The van der Waals surface area contributed by atoms with E-state index in [0.717, 1.165) is 24.1 Å². The monoisotopic (exact) mass is 560 g/mol. The van der Waals surface area contributed by atoms with Crippen molar-refractivity contribution in [2.45, 2.75) is 39.0 Å². The molecule has 40 heavy (non-hydrogen) atoms. The van der Waals surface area contributed by atoms with Crippen molar-refractivity contribution in [1.29, 1.82) is 0 Å². The average molecular weight is 561 g/mol. The van der Waals surface area contributed by atoms with Crippen LogP contribution in [0.2, 0.25) is 0 Å². The molecule has 1 saturated heterocycles. The number of benzene rings is 2. The number of amides is 2. The maximum absolute atomic E-state index is 13.9. The number of para-hydroxylation sites is 1. The second-order valence-electron chi connectivity index (χ2n) is 10.3. The average Bonchev–Trinajstić information content (AvgIpc) is 3.40. The van der Waals surface area contributed by atoms with Crippen LogP contribution in [0.5, 0.6) is 0 Å². The van der Waals surface area contributed by atoms with E-state index < -0.39 is 15.9 Å². The SMILES string of the molecule is CCS(=O)(=O)NC(=O)c1cnn2c(Nc3ccccc3C)c(C(=O)N3CCC(C)(c4ccccc4)CC3)cnc12. The highest BCUT2D eigenvalue weighted by molar-refractivity contribution is 7.90. The molecule has 0 aliphatic carbocycles. The number of fused-ring (bicyclic) bond motifs is 1. The van der Waals surface area contributed by atoms with Crippen LogP contribution in [0.15, 0.2) is 67.0 Å². The number of aryl methyl sites for hydroxylation is 1. The van der Waals surface area contributed by atoms with Gasteiger partial charge in [-0.25, -0.2) is 18.1 Å². The number of rotatable bonds is 7. The molecule has 2 N–H and O–H groups in total. The summed E-state index contributed by atoms with van der Waals surface area (Å²) in [6.45, 7) is 6.77. The van der Waals surface area contributed by atoms with Gasteiger partial charge in [-0.05, 0) is 49.3 Å². The lowest BCUT2D eigenvalue weighted by atomic mass is 9.74. The summed E-state index contributed by atoms with van der Waals surface area (Å²) in [5.41, 5.74) is 3.36. The molecule has 0 unspecified atom stereocenters. The minimum absolute atomic E-state index is 0.0135. The first kappa shape index (κ1) is 27.3. The molecule has 2 aromatic carbocycles. The Labute approximate surface area is 233 Å². The van der Waals surface area contributed by atoms with Crippen LogP contribution in [0.1, 0.15) is 58.5 Å². The number of anilines is 2. The molecule has 11 heteroatoms. The molecule has 1 aliphatic heterocycles. The van der Waals surface area contributed by atoms with E-state index in [1.54, 1.807) is 0 Å². The Kier molecular flexibility index (Phi) is 7.33. The number of sulfonamides is 1. The Balaban J connectivity index is 1.50. The van der Waals surface area contributed by atoms with Gasteiger partial charge in [-0.1, -0.05) is 55.5 Å². The lowest BCUT2D eigenvalue weighted by molar-refractivity contribution is 0.0676. The third kappa shape index (κ3) is 5.29. The fourth-order valence-electron chi connectivity index (χ4n) is 4.98. The Morgan fingerprint density at radius 2 is 1.65 bits per heavy atom. The summed E-state index contributed by atoms with van der Waals surface area (Å²) in [6, 6.07) is 18.0. The summed E-state index contributed by atoms with van der Waals surface area (Å²) >= 11 is 0. The number of nitrogens with zero attached hydrogens (tertiary/aromatic N) is 4. The molecule has 10 nitrogen and oxygen atoms in total. The molecule has 0 spiro atoms.